The minimum Gasteiger partial charge on any atom is -0.312 e. The van der Waals surface area contributed by atoms with Gasteiger partial charge in [0.2, 0.25) is 0 Å². The monoisotopic (exact) mass is 235 g/mol. The van der Waals surface area contributed by atoms with E-state index in [-0.39, 0.29) is 0 Å². The number of aryl methyl sites for hydroxylation is 2. The lowest BCUT2D eigenvalue weighted by atomic mass is 9.99. The lowest BCUT2D eigenvalue weighted by molar-refractivity contribution is 0.528. The molecule has 0 aliphatic carbocycles. The van der Waals surface area contributed by atoms with Crippen molar-refractivity contribution in [1.82, 2.24) is 5.32 Å². The van der Waals surface area contributed by atoms with Crippen molar-refractivity contribution in [3.63, 3.8) is 0 Å². The van der Waals surface area contributed by atoms with E-state index in [1.54, 1.807) is 0 Å². The van der Waals surface area contributed by atoms with E-state index in [1.165, 1.54) is 28.9 Å². The predicted molar refractivity (Wildman–Crippen MR) is 73.3 cm³/mol. The van der Waals surface area contributed by atoms with Crippen LogP contribution in [-0.2, 0) is 6.42 Å². The smallest absolute Gasteiger partial charge is 0.0239 e. The Morgan fingerprint density at radius 3 is 2.88 bits per heavy atom. The number of thioether (sulfide) groups is 1. The lowest BCUT2D eigenvalue weighted by Gasteiger charge is -2.30. The van der Waals surface area contributed by atoms with Gasteiger partial charge in [0.05, 0.1) is 0 Å². The molecule has 0 radical (unpaired) electrons. The molecule has 88 valence electrons. The van der Waals surface area contributed by atoms with Crippen LogP contribution in [0, 0.1) is 13.8 Å². The number of benzene rings is 1. The highest BCUT2D eigenvalue weighted by Crippen LogP contribution is 2.24. The zero-order chi connectivity index (χ0) is 11.5. The van der Waals surface area contributed by atoms with E-state index >= 15 is 0 Å². The van der Waals surface area contributed by atoms with Crippen molar-refractivity contribution in [2.45, 2.75) is 38.5 Å². The second kappa shape index (κ2) is 5.24. The van der Waals surface area contributed by atoms with E-state index in [0.29, 0.717) is 6.04 Å². The zero-order valence-electron chi connectivity index (χ0n) is 10.4. The zero-order valence-corrected chi connectivity index (χ0v) is 11.2. The molecule has 2 heteroatoms. The van der Waals surface area contributed by atoms with Crippen molar-refractivity contribution < 1.29 is 0 Å². The minimum absolute atomic E-state index is 0.638. The Labute approximate surface area is 103 Å². The molecule has 2 rings (SSSR count). The highest BCUT2D eigenvalue weighted by molar-refractivity contribution is 8.00. The van der Waals surface area contributed by atoms with E-state index in [0.717, 1.165) is 11.8 Å². The van der Waals surface area contributed by atoms with Gasteiger partial charge in [-0.1, -0.05) is 23.8 Å². The van der Waals surface area contributed by atoms with Crippen LogP contribution < -0.4 is 5.32 Å². The fourth-order valence-corrected chi connectivity index (χ4v) is 3.52. The topological polar surface area (TPSA) is 12.0 Å². The van der Waals surface area contributed by atoms with Crippen molar-refractivity contribution in [1.29, 1.82) is 0 Å². The molecule has 2 unspecified atom stereocenters. The second-order valence-corrected chi connectivity index (χ2v) is 6.13. The summed E-state index contributed by atoms with van der Waals surface area (Å²) in [5.41, 5.74) is 4.32. The highest BCUT2D eigenvalue weighted by Gasteiger charge is 2.21. The van der Waals surface area contributed by atoms with Gasteiger partial charge in [0.1, 0.15) is 0 Å². The molecule has 1 fully saturated rings. The minimum atomic E-state index is 0.638. The molecule has 1 aliphatic heterocycles. The number of hydrogen-bond donors (Lipinski definition) is 1. The Bertz CT molecular complexity index is 362. The maximum absolute atomic E-state index is 3.56. The van der Waals surface area contributed by atoms with Crippen LogP contribution in [0.1, 0.15) is 23.6 Å². The summed E-state index contributed by atoms with van der Waals surface area (Å²) in [6.07, 6.45) is 1.20. The summed E-state index contributed by atoms with van der Waals surface area (Å²) in [4.78, 5) is 0. The van der Waals surface area contributed by atoms with Crippen LogP contribution in [0.2, 0.25) is 0 Å². The van der Waals surface area contributed by atoms with Crippen molar-refractivity contribution in [3.8, 4) is 0 Å². The molecule has 1 saturated heterocycles. The van der Waals surface area contributed by atoms with E-state index in [2.05, 4.69) is 56.0 Å². The number of nitrogens with one attached hydrogen (secondary N) is 1. The van der Waals surface area contributed by atoms with Crippen LogP contribution in [0.3, 0.4) is 0 Å². The van der Waals surface area contributed by atoms with Crippen LogP contribution in [0.4, 0.5) is 0 Å². The van der Waals surface area contributed by atoms with E-state index < -0.39 is 0 Å². The quantitative estimate of drug-likeness (QED) is 0.846. The van der Waals surface area contributed by atoms with Crippen molar-refractivity contribution >= 4 is 11.8 Å². The van der Waals surface area contributed by atoms with Crippen LogP contribution >= 0.6 is 11.8 Å². The lowest BCUT2D eigenvalue weighted by Crippen LogP contribution is -2.42. The van der Waals surface area contributed by atoms with E-state index in [1.807, 2.05) is 0 Å². The molecule has 0 spiro atoms. The predicted octanol–water partition coefficient (Wildman–Crippen LogP) is 2.94. The molecule has 1 aromatic rings. The van der Waals surface area contributed by atoms with Gasteiger partial charge in [0.25, 0.3) is 0 Å². The first-order valence-electron chi connectivity index (χ1n) is 6.08. The average molecular weight is 235 g/mol. The Hall–Kier alpha value is -0.470. The van der Waals surface area contributed by atoms with Crippen LogP contribution in [0.15, 0.2) is 18.2 Å². The molecule has 0 bridgehead atoms. The van der Waals surface area contributed by atoms with Gasteiger partial charge in [0.15, 0.2) is 0 Å². The van der Waals surface area contributed by atoms with Gasteiger partial charge in [0, 0.05) is 23.6 Å². The summed E-state index contributed by atoms with van der Waals surface area (Å²) in [7, 11) is 0. The Kier molecular flexibility index (Phi) is 3.93. The summed E-state index contributed by atoms with van der Waals surface area (Å²) in [5.74, 6) is 1.25. The first kappa shape index (κ1) is 12.0. The SMILES string of the molecule is Cc1ccc(CC2SCCNC2C)c(C)c1. The molecule has 16 heavy (non-hydrogen) atoms. The molecule has 0 aromatic heterocycles. The Balaban J connectivity index is 2.07. The van der Waals surface area contributed by atoms with Crippen LogP contribution in [0.5, 0.6) is 0 Å². The van der Waals surface area contributed by atoms with Crippen LogP contribution in [-0.4, -0.2) is 23.6 Å². The maximum atomic E-state index is 3.56. The summed E-state index contributed by atoms with van der Waals surface area (Å²) in [5, 5.41) is 4.29. The molecule has 0 saturated carbocycles. The molecule has 1 heterocycles. The fraction of sp³-hybridized carbons (Fsp3) is 0.571. The summed E-state index contributed by atoms with van der Waals surface area (Å²) in [6, 6.07) is 7.46. The molecular formula is C14H21NS. The average Bonchev–Trinajstić information content (AvgIpc) is 2.25. The van der Waals surface area contributed by atoms with Crippen LogP contribution in [0.25, 0.3) is 0 Å². The van der Waals surface area contributed by atoms with E-state index in [9.17, 15) is 0 Å². The number of rotatable bonds is 2. The summed E-state index contributed by atoms with van der Waals surface area (Å²) >= 11 is 2.12. The van der Waals surface area contributed by atoms with Gasteiger partial charge < -0.3 is 5.32 Å². The molecule has 1 aromatic carbocycles. The van der Waals surface area contributed by atoms with E-state index in [4.69, 9.17) is 0 Å². The van der Waals surface area contributed by atoms with Gasteiger partial charge >= 0.3 is 0 Å². The Morgan fingerprint density at radius 2 is 2.19 bits per heavy atom. The van der Waals surface area contributed by atoms with Gasteiger partial charge in [-0.15, -0.1) is 0 Å². The molecule has 1 nitrogen and oxygen atoms in total. The molecular weight excluding hydrogens is 214 g/mol. The molecule has 1 aliphatic rings. The first-order valence-corrected chi connectivity index (χ1v) is 7.13. The third-order valence-electron chi connectivity index (χ3n) is 3.38. The molecule has 1 N–H and O–H groups in total. The van der Waals surface area contributed by atoms with Gasteiger partial charge in [-0.25, -0.2) is 0 Å². The van der Waals surface area contributed by atoms with Crippen molar-refractivity contribution in [2.75, 3.05) is 12.3 Å². The largest absolute Gasteiger partial charge is 0.312 e. The Morgan fingerprint density at radius 1 is 1.38 bits per heavy atom. The van der Waals surface area contributed by atoms with Crippen molar-refractivity contribution in [3.05, 3.63) is 34.9 Å². The maximum Gasteiger partial charge on any atom is 0.0239 e. The number of hydrogen-bond acceptors (Lipinski definition) is 2. The van der Waals surface area contributed by atoms with Crippen molar-refractivity contribution in [2.24, 2.45) is 0 Å². The second-order valence-electron chi connectivity index (χ2n) is 4.79. The first-order chi connectivity index (χ1) is 7.66. The summed E-state index contributed by atoms with van der Waals surface area (Å²) < 4.78 is 0. The van der Waals surface area contributed by atoms with Gasteiger partial charge in [-0.05, 0) is 38.3 Å². The fourth-order valence-electron chi connectivity index (χ4n) is 2.30. The normalized spacial score (nSPS) is 25.7. The van der Waals surface area contributed by atoms with Gasteiger partial charge in [-0.3, -0.25) is 0 Å². The molecule has 2 atom stereocenters. The third-order valence-corrected chi connectivity index (χ3v) is 4.82. The van der Waals surface area contributed by atoms with Gasteiger partial charge in [-0.2, -0.15) is 11.8 Å². The molecule has 0 amide bonds. The standard InChI is InChI=1S/C14H21NS/c1-10-4-5-13(11(2)8-10)9-14-12(3)15-6-7-16-14/h4-5,8,12,14-15H,6-7,9H2,1-3H3. The highest BCUT2D eigenvalue weighted by atomic mass is 32.2. The third kappa shape index (κ3) is 2.80. The summed E-state index contributed by atoms with van der Waals surface area (Å²) in [6.45, 7) is 7.86.